The molecule has 0 amide bonds. The van der Waals surface area contributed by atoms with E-state index in [0.29, 0.717) is 18.6 Å². The largest absolute Gasteiger partial charge is 0.426 e. The molecule has 0 bridgehead atoms. The van der Waals surface area contributed by atoms with Gasteiger partial charge < -0.3 is 14.2 Å². The molecule has 0 spiro atoms. The SMILES string of the molecule is CCC(C)C(=O)Oc1ccc2c(c1)C(OC)C1C(=O)OC(=O)C1C2. The van der Waals surface area contributed by atoms with Crippen LogP contribution in [0.2, 0.25) is 0 Å². The molecule has 2 aliphatic rings. The molecule has 1 aromatic carbocycles. The summed E-state index contributed by atoms with van der Waals surface area (Å²) < 4.78 is 15.7. The summed E-state index contributed by atoms with van der Waals surface area (Å²) in [5.41, 5.74) is 1.66. The Kier molecular flexibility index (Phi) is 4.41. The van der Waals surface area contributed by atoms with E-state index >= 15 is 0 Å². The quantitative estimate of drug-likeness (QED) is 0.478. The van der Waals surface area contributed by atoms with Gasteiger partial charge in [-0.3, -0.25) is 14.4 Å². The molecule has 24 heavy (non-hydrogen) atoms. The van der Waals surface area contributed by atoms with Crippen LogP contribution in [0.4, 0.5) is 0 Å². The van der Waals surface area contributed by atoms with Crippen molar-refractivity contribution in [1.29, 1.82) is 0 Å². The molecule has 4 atom stereocenters. The van der Waals surface area contributed by atoms with Gasteiger partial charge in [-0.05, 0) is 36.1 Å². The second-order valence-electron chi connectivity index (χ2n) is 6.32. The number of ether oxygens (including phenoxy) is 3. The van der Waals surface area contributed by atoms with E-state index in [9.17, 15) is 14.4 Å². The smallest absolute Gasteiger partial charge is 0.320 e. The standard InChI is InChI=1S/C18H20O6/c1-4-9(2)16(19)23-11-6-5-10-7-13-14(18(21)24-17(13)20)15(22-3)12(10)8-11/h5-6,8-9,13-15H,4,7H2,1-3H3. The van der Waals surface area contributed by atoms with Crippen molar-refractivity contribution >= 4 is 17.9 Å². The Morgan fingerprint density at radius 2 is 2.08 bits per heavy atom. The van der Waals surface area contributed by atoms with Crippen LogP contribution in [0.25, 0.3) is 0 Å². The summed E-state index contributed by atoms with van der Waals surface area (Å²) >= 11 is 0. The first kappa shape index (κ1) is 16.6. The zero-order chi connectivity index (χ0) is 17.4. The molecule has 1 aromatic rings. The maximum Gasteiger partial charge on any atom is 0.320 e. The zero-order valence-corrected chi connectivity index (χ0v) is 13.9. The predicted molar refractivity (Wildman–Crippen MR) is 83.1 cm³/mol. The van der Waals surface area contributed by atoms with E-state index in [-0.39, 0.29) is 11.9 Å². The molecule has 6 heteroatoms. The van der Waals surface area contributed by atoms with Gasteiger partial charge >= 0.3 is 17.9 Å². The Hall–Kier alpha value is -2.21. The lowest BCUT2D eigenvalue weighted by Gasteiger charge is -2.31. The highest BCUT2D eigenvalue weighted by Crippen LogP contribution is 2.45. The molecule has 128 valence electrons. The number of benzene rings is 1. The molecular formula is C18H20O6. The molecule has 0 N–H and O–H groups in total. The average molecular weight is 332 g/mol. The highest BCUT2D eigenvalue weighted by atomic mass is 16.6. The molecule has 3 rings (SSSR count). The Bertz CT molecular complexity index is 695. The third-order valence-corrected chi connectivity index (χ3v) is 4.89. The number of esters is 3. The lowest BCUT2D eigenvalue weighted by atomic mass is 9.75. The Morgan fingerprint density at radius 1 is 1.33 bits per heavy atom. The van der Waals surface area contributed by atoms with Gasteiger partial charge in [-0.1, -0.05) is 19.9 Å². The first-order valence-electron chi connectivity index (χ1n) is 8.09. The first-order valence-corrected chi connectivity index (χ1v) is 8.09. The van der Waals surface area contributed by atoms with Crippen LogP contribution in [-0.2, 0) is 30.3 Å². The van der Waals surface area contributed by atoms with Gasteiger partial charge in [-0.15, -0.1) is 0 Å². The Morgan fingerprint density at radius 3 is 2.75 bits per heavy atom. The van der Waals surface area contributed by atoms with Crippen LogP contribution in [0.1, 0.15) is 37.5 Å². The normalized spacial score (nSPS) is 26.4. The van der Waals surface area contributed by atoms with E-state index in [1.807, 2.05) is 19.9 Å². The van der Waals surface area contributed by atoms with Crippen molar-refractivity contribution in [3.63, 3.8) is 0 Å². The number of methoxy groups -OCH3 is 1. The molecule has 0 aromatic heterocycles. The van der Waals surface area contributed by atoms with Gasteiger partial charge in [0.05, 0.1) is 17.9 Å². The van der Waals surface area contributed by atoms with Crippen molar-refractivity contribution in [3.05, 3.63) is 29.3 Å². The van der Waals surface area contributed by atoms with Gasteiger partial charge in [0.2, 0.25) is 0 Å². The molecular weight excluding hydrogens is 312 g/mol. The molecule has 1 aliphatic heterocycles. The summed E-state index contributed by atoms with van der Waals surface area (Å²) in [7, 11) is 1.49. The molecule has 0 radical (unpaired) electrons. The number of cyclic esters (lactones) is 2. The number of fused-ring (bicyclic) bond motifs is 2. The summed E-state index contributed by atoms with van der Waals surface area (Å²) in [6.07, 6.45) is 0.534. The van der Waals surface area contributed by atoms with Crippen LogP contribution in [0.3, 0.4) is 0 Å². The monoisotopic (exact) mass is 332 g/mol. The van der Waals surface area contributed by atoms with Crippen molar-refractivity contribution in [3.8, 4) is 5.75 Å². The zero-order valence-electron chi connectivity index (χ0n) is 13.9. The molecule has 1 aliphatic carbocycles. The molecule has 1 heterocycles. The van der Waals surface area contributed by atoms with Crippen LogP contribution in [0.15, 0.2) is 18.2 Å². The van der Waals surface area contributed by atoms with Gasteiger partial charge in [0.1, 0.15) is 11.7 Å². The van der Waals surface area contributed by atoms with Crippen molar-refractivity contribution in [2.75, 3.05) is 7.11 Å². The average Bonchev–Trinajstić information content (AvgIpc) is 2.86. The number of hydrogen-bond acceptors (Lipinski definition) is 6. The van der Waals surface area contributed by atoms with Crippen LogP contribution in [0.5, 0.6) is 5.75 Å². The van der Waals surface area contributed by atoms with E-state index in [2.05, 4.69) is 0 Å². The van der Waals surface area contributed by atoms with Crippen molar-refractivity contribution in [2.24, 2.45) is 17.8 Å². The van der Waals surface area contributed by atoms with Crippen molar-refractivity contribution in [2.45, 2.75) is 32.8 Å². The maximum atomic E-state index is 12.0. The van der Waals surface area contributed by atoms with E-state index in [4.69, 9.17) is 14.2 Å². The minimum absolute atomic E-state index is 0.189. The second kappa shape index (κ2) is 6.36. The molecule has 6 nitrogen and oxygen atoms in total. The van der Waals surface area contributed by atoms with Gasteiger partial charge in [0.25, 0.3) is 0 Å². The van der Waals surface area contributed by atoms with E-state index in [1.54, 1.807) is 12.1 Å². The number of hydrogen-bond donors (Lipinski definition) is 0. The van der Waals surface area contributed by atoms with Crippen LogP contribution < -0.4 is 4.74 Å². The summed E-state index contributed by atoms with van der Waals surface area (Å²) in [5, 5.41) is 0. The summed E-state index contributed by atoms with van der Waals surface area (Å²) in [6, 6.07) is 5.23. The molecule has 0 saturated carbocycles. The van der Waals surface area contributed by atoms with Crippen molar-refractivity contribution in [1.82, 2.24) is 0 Å². The van der Waals surface area contributed by atoms with Crippen LogP contribution >= 0.6 is 0 Å². The lowest BCUT2D eigenvalue weighted by Crippen LogP contribution is -2.33. The minimum atomic E-state index is -0.643. The second-order valence-corrected chi connectivity index (χ2v) is 6.32. The maximum absolute atomic E-state index is 12.0. The minimum Gasteiger partial charge on any atom is -0.426 e. The van der Waals surface area contributed by atoms with Gasteiger partial charge in [0, 0.05) is 7.11 Å². The third kappa shape index (κ3) is 2.71. The summed E-state index contributed by atoms with van der Waals surface area (Å²) in [4.78, 5) is 35.8. The van der Waals surface area contributed by atoms with Crippen LogP contribution in [-0.4, -0.2) is 25.0 Å². The number of rotatable bonds is 4. The van der Waals surface area contributed by atoms with Crippen LogP contribution in [0, 0.1) is 17.8 Å². The highest BCUT2D eigenvalue weighted by molar-refractivity contribution is 5.97. The summed E-state index contributed by atoms with van der Waals surface area (Å²) in [5.74, 6) is -2.27. The molecule has 1 saturated heterocycles. The number of carbonyl (C=O) groups excluding carboxylic acids is 3. The molecule has 1 fully saturated rings. The summed E-state index contributed by atoms with van der Waals surface area (Å²) in [6.45, 7) is 3.73. The fourth-order valence-corrected chi connectivity index (χ4v) is 3.27. The molecule has 4 unspecified atom stereocenters. The van der Waals surface area contributed by atoms with E-state index in [1.165, 1.54) is 7.11 Å². The number of carbonyl (C=O) groups is 3. The Labute approximate surface area is 140 Å². The van der Waals surface area contributed by atoms with Gasteiger partial charge in [0.15, 0.2) is 0 Å². The fourth-order valence-electron chi connectivity index (χ4n) is 3.27. The van der Waals surface area contributed by atoms with E-state index < -0.39 is 29.9 Å². The fraction of sp³-hybridized carbons (Fsp3) is 0.500. The van der Waals surface area contributed by atoms with E-state index in [0.717, 1.165) is 11.1 Å². The first-order chi connectivity index (χ1) is 11.5. The van der Waals surface area contributed by atoms with Gasteiger partial charge in [-0.2, -0.15) is 0 Å². The lowest BCUT2D eigenvalue weighted by molar-refractivity contribution is -0.154. The Balaban J connectivity index is 1.92. The van der Waals surface area contributed by atoms with Gasteiger partial charge in [-0.25, -0.2) is 0 Å². The highest BCUT2D eigenvalue weighted by Gasteiger charge is 2.52. The third-order valence-electron chi connectivity index (χ3n) is 4.89. The topological polar surface area (TPSA) is 78.9 Å². The predicted octanol–water partition coefficient (Wildman–Crippen LogP) is 2.20. The van der Waals surface area contributed by atoms with Crippen molar-refractivity contribution < 1.29 is 28.6 Å².